The van der Waals surface area contributed by atoms with Gasteiger partial charge < -0.3 is 14.8 Å². The topological polar surface area (TPSA) is 75.4 Å². The molecule has 1 aliphatic rings. The molecule has 2 heterocycles. The highest BCUT2D eigenvalue weighted by Crippen LogP contribution is 2.26. The van der Waals surface area contributed by atoms with E-state index in [9.17, 15) is 4.79 Å². The van der Waals surface area contributed by atoms with Gasteiger partial charge in [0.05, 0.1) is 0 Å². The van der Waals surface area contributed by atoms with Crippen LogP contribution in [0.15, 0.2) is 4.42 Å². The zero-order valence-corrected chi connectivity index (χ0v) is 8.62. The highest BCUT2D eigenvalue weighted by atomic mass is 16.4. The predicted octanol–water partition coefficient (Wildman–Crippen LogP) is 1.15. The predicted molar refractivity (Wildman–Crippen MR) is 53.0 cm³/mol. The van der Waals surface area contributed by atoms with Gasteiger partial charge in [-0.3, -0.25) is 0 Å². The van der Waals surface area contributed by atoms with Crippen molar-refractivity contribution in [2.45, 2.75) is 25.7 Å². The maximum absolute atomic E-state index is 10.8. The van der Waals surface area contributed by atoms with E-state index in [1.807, 2.05) is 0 Å². The van der Waals surface area contributed by atoms with Crippen LogP contribution in [0.1, 0.15) is 40.9 Å². The smallest absolute Gasteiger partial charge is 0.358 e. The van der Waals surface area contributed by atoms with Gasteiger partial charge >= 0.3 is 5.97 Å². The van der Waals surface area contributed by atoms with Gasteiger partial charge in [-0.1, -0.05) is 0 Å². The minimum absolute atomic E-state index is 0.0449. The molecule has 2 rings (SSSR count). The Kier molecular flexibility index (Phi) is 2.73. The van der Waals surface area contributed by atoms with Crippen molar-refractivity contribution in [3.05, 3.63) is 17.3 Å². The summed E-state index contributed by atoms with van der Waals surface area (Å²) in [5.41, 5.74) is 0.0449. The van der Waals surface area contributed by atoms with Gasteiger partial charge in [-0.25, -0.2) is 9.78 Å². The van der Waals surface area contributed by atoms with Gasteiger partial charge in [-0.15, -0.1) is 0 Å². The molecular formula is C10H14N2O3. The first-order valence-corrected chi connectivity index (χ1v) is 5.10. The first-order valence-electron chi connectivity index (χ1n) is 5.10. The van der Waals surface area contributed by atoms with Gasteiger partial charge in [0.1, 0.15) is 5.76 Å². The SMILES string of the molecule is Cc1oc(C2CCNCC2)nc1C(=O)O. The average molecular weight is 210 g/mol. The largest absolute Gasteiger partial charge is 0.476 e. The number of rotatable bonds is 2. The zero-order valence-electron chi connectivity index (χ0n) is 8.62. The number of aromatic carboxylic acids is 1. The summed E-state index contributed by atoms with van der Waals surface area (Å²) in [5.74, 6) is 0.219. The number of piperidine rings is 1. The van der Waals surface area contributed by atoms with Crippen molar-refractivity contribution in [2.75, 3.05) is 13.1 Å². The Hall–Kier alpha value is -1.36. The number of carboxylic acid groups (broad SMARTS) is 1. The van der Waals surface area contributed by atoms with Crippen LogP contribution in [0.2, 0.25) is 0 Å². The lowest BCUT2D eigenvalue weighted by Crippen LogP contribution is -2.26. The Morgan fingerprint density at radius 1 is 1.53 bits per heavy atom. The molecule has 1 aliphatic heterocycles. The van der Waals surface area contributed by atoms with E-state index >= 15 is 0 Å². The van der Waals surface area contributed by atoms with Crippen molar-refractivity contribution in [1.82, 2.24) is 10.3 Å². The molecule has 1 aromatic rings. The van der Waals surface area contributed by atoms with E-state index in [1.54, 1.807) is 6.92 Å². The van der Waals surface area contributed by atoms with Gasteiger partial charge in [-0.05, 0) is 32.9 Å². The molecule has 0 unspecified atom stereocenters. The number of carboxylic acids is 1. The molecule has 15 heavy (non-hydrogen) atoms. The second kappa shape index (κ2) is 4.02. The van der Waals surface area contributed by atoms with Crippen LogP contribution in [-0.4, -0.2) is 29.1 Å². The van der Waals surface area contributed by atoms with Crippen LogP contribution in [0.3, 0.4) is 0 Å². The first-order chi connectivity index (χ1) is 7.18. The highest BCUT2D eigenvalue weighted by Gasteiger charge is 2.23. The number of aromatic nitrogens is 1. The number of carbonyl (C=O) groups is 1. The fourth-order valence-corrected chi connectivity index (χ4v) is 1.86. The van der Waals surface area contributed by atoms with E-state index in [2.05, 4.69) is 10.3 Å². The van der Waals surface area contributed by atoms with Crippen molar-refractivity contribution in [2.24, 2.45) is 0 Å². The van der Waals surface area contributed by atoms with Gasteiger partial charge in [0.25, 0.3) is 0 Å². The van der Waals surface area contributed by atoms with E-state index in [0.717, 1.165) is 25.9 Å². The Morgan fingerprint density at radius 3 is 2.73 bits per heavy atom. The fraction of sp³-hybridized carbons (Fsp3) is 0.600. The summed E-state index contributed by atoms with van der Waals surface area (Å²) in [5, 5.41) is 12.1. The van der Waals surface area contributed by atoms with Crippen LogP contribution in [0.5, 0.6) is 0 Å². The molecule has 0 spiro atoms. The molecule has 1 aromatic heterocycles. The molecule has 5 heteroatoms. The number of nitrogens with one attached hydrogen (secondary N) is 1. The molecule has 5 nitrogen and oxygen atoms in total. The Morgan fingerprint density at radius 2 is 2.20 bits per heavy atom. The molecular weight excluding hydrogens is 196 g/mol. The van der Waals surface area contributed by atoms with Crippen molar-refractivity contribution in [3.8, 4) is 0 Å². The Labute approximate surface area is 87.5 Å². The fourth-order valence-electron chi connectivity index (χ4n) is 1.86. The molecule has 2 N–H and O–H groups in total. The minimum Gasteiger partial charge on any atom is -0.476 e. The van der Waals surface area contributed by atoms with Crippen molar-refractivity contribution in [3.63, 3.8) is 0 Å². The van der Waals surface area contributed by atoms with E-state index < -0.39 is 5.97 Å². The van der Waals surface area contributed by atoms with E-state index in [-0.39, 0.29) is 11.6 Å². The Balaban J connectivity index is 2.21. The first kappa shape index (κ1) is 10.2. The average Bonchev–Trinajstić information content (AvgIpc) is 2.62. The number of nitrogens with zero attached hydrogens (tertiary/aromatic N) is 1. The second-order valence-corrected chi connectivity index (χ2v) is 3.79. The van der Waals surface area contributed by atoms with Crippen LogP contribution >= 0.6 is 0 Å². The van der Waals surface area contributed by atoms with Crippen LogP contribution in [0.4, 0.5) is 0 Å². The molecule has 82 valence electrons. The van der Waals surface area contributed by atoms with Gasteiger partial charge in [-0.2, -0.15) is 0 Å². The van der Waals surface area contributed by atoms with Crippen LogP contribution in [0.25, 0.3) is 0 Å². The van der Waals surface area contributed by atoms with Crippen LogP contribution in [0, 0.1) is 6.92 Å². The van der Waals surface area contributed by atoms with Crippen molar-refractivity contribution in [1.29, 1.82) is 0 Å². The molecule has 0 aliphatic carbocycles. The Bertz CT molecular complexity index is 367. The van der Waals surface area contributed by atoms with E-state index in [4.69, 9.17) is 9.52 Å². The van der Waals surface area contributed by atoms with Gasteiger partial charge in [0.2, 0.25) is 0 Å². The third-order valence-corrected chi connectivity index (χ3v) is 2.70. The van der Waals surface area contributed by atoms with Gasteiger partial charge in [0.15, 0.2) is 11.6 Å². The van der Waals surface area contributed by atoms with E-state index in [0.29, 0.717) is 11.7 Å². The summed E-state index contributed by atoms with van der Waals surface area (Å²) in [7, 11) is 0. The molecule has 0 radical (unpaired) electrons. The lowest BCUT2D eigenvalue weighted by molar-refractivity contribution is 0.0689. The van der Waals surface area contributed by atoms with Crippen LogP contribution in [-0.2, 0) is 0 Å². The van der Waals surface area contributed by atoms with E-state index in [1.165, 1.54) is 0 Å². The summed E-state index contributed by atoms with van der Waals surface area (Å²) < 4.78 is 5.40. The zero-order chi connectivity index (χ0) is 10.8. The molecule has 1 fully saturated rings. The normalized spacial score (nSPS) is 17.9. The summed E-state index contributed by atoms with van der Waals surface area (Å²) in [6.45, 7) is 3.52. The molecule has 0 bridgehead atoms. The third kappa shape index (κ3) is 2.02. The molecule has 0 atom stereocenters. The lowest BCUT2D eigenvalue weighted by atomic mass is 9.98. The monoisotopic (exact) mass is 210 g/mol. The summed E-state index contributed by atoms with van der Waals surface area (Å²) in [4.78, 5) is 14.8. The highest BCUT2D eigenvalue weighted by molar-refractivity contribution is 5.86. The number of oxazole rings is 1. The molecule has 1 saturated heterocycles. The molecule has 0 aromatic carbocycles. The third-order valence-electron chi connectivity index (χ3n) is 2.70. The number of hydrogen-bond acceptors (Lipinski definition) is 4. The molecule has 0 saturated carbocycles. The summed E-state index contributed by atoms with van der Waals surface area (Å²) in [6, 6.07) is 0. The van der Waals surface area contributed by atoms with Crippen molar-refractivity contribution < 1.29 is 14.3 Å². The quantitative estimate of drug-likeness (QED) is 0.765. The summed E-state index contributed by atoms with van der Waals surface area (Å²) in [6.07, 6.45) is 1.91. The lowest BCUT2D eigenvalue weighted by Gasteiger charge is -2.19. The maximum Gasteiger partial charge on any atom is 0.358 e. The standard InChI is InChI=1S/C10H14N2O3/c1-6-8(10(13)14)12-9(15-6)7-2-4-11-5-3-7/h7,11H,2-5H2,1H3,(H,13,14). The summed E-state index contributed by atoms with van der Waals surface area (Å²) >= 11 is 0. The number of hydrogen-bond donors (Lipinski definition) is 2. The molecule has 0 amide bonds. The minimum atomic E-state index is -1.02. The maximum atomic E-state index is 10.8. The van der Waals surface area contributed by atoms with Crippen LogP contribution < -0.4 is 5.32 Å². The number of aryl methyl sites for hydroxylation is 1. The van der Waals surface area contributed by atoms with Gasteiger partial charge in [0, 0.05) is 5.92 Å². The second-order valence-electron chi connectivity index (χ2n) is 3.79. The van der Waals surface area contributed by atoms with Crippen molar-refractivity contribution >= 4 is 5.97 Å².